The summed E-state index contributed by atoms with van der Waals surface area (Å²) in [5.74, 6) is -0.431. The van der Waals surface area contributed by atoms with Crippen LogP contribution in [0.25, 0.3) is 11.3 Å². The van der Waals surface area contributed by atoms with E-state index < -0.39 is 11.6 Å². The summed E-state index contributed by atoms with van der Waals surface area (Å²) in [6.07, 6.45) is 0. The molecule has 1 heterocycles. The normalized spacial score (nSPS) is 10.6. The molecule has 0 saturated heterocycles. The number of rotatable bonds is 7. The Kier molecular flexibility index (Phi) is 6.48. The van der Waals surface area contributed by atoms with Crippen LogP contribution in [-0.2, 0) is 4.79 Å². The third kappa shape index (κ3) is 4.79. The number of ether oxygens (including phenoxy) is 2. The molecule has 0 atom stereocenters. The van der Waals surface area contributed by atoms with Crippen LogP contribution in [0.5, 0.6) is 11.5 Å². The molecule has 146 valence electrons. The van der Waals surface area contributed by atoms with Gasteiger partial charge in [0.1, 0.15) is 23.1 Å². The van der Waals surface area contributed by atoms with Crippen LogP contribution in [0.4, 0.5) is 13.9 Å². The molecule has 1 N–H and O–H groups in total. The molecule has 3 rings (SSSR count). The molecule has 2 aromatic carbocycles. The van der Waals surface area contributed by atoms with E-state index in [0.717, 1.165) is 29.5 Å². The molecular weight excluding hydrogens is 406 g/mol. The van der Waals surface area contributed by atoms with E-state index in [1.165, 1.54) is 17.4 Å². The van der Waals surface area contributed by atoms with Crippen molar-refractivity contribution in [1.82, 2.24) is 4.98 Å². The molecule has 0 unspecified atom stereocenters. The van der Waals surface area contributed by atoms with Crippen LogP contribution in [0.15, 0.2) is 46.7 Å². The fourth-order valence-corrected chi connectivity index (χ4v) is 3.81. The van der Waals surface area contributed by atoms with Gasteiger partial charge < -0.3 is 14.8 Å². The minimum absolute atomic E-state index is 0.0278. The summed E-state index contributed by atoms with van der Waals surface area (Å²) in [5, 5.41) is 4.88. The van der Waals surface area contributed by atoms with Gasteiger partial charge in [0.15, 0.2) is 5.13 Å². The standard InChI is InChI=1S/C19H16F2N2O3S2/c1-25-12-4-5-16(26-2)13(8-12)15-9-28-19(22-15)23-18(24)10-27-17-6-3-11(20)7-14(17)21/h3-9H,10H2,1-2H3,(H,22,23,24). The van der Waals surface area contributed by atoms with Crippen molar-refractivity contribution >= 4 is 34.1 Å². The molecule has 9 heteroatoms. The van der Waals surface area contributed by atoms with Gasteiger partial charge >= 0.3 is 0 Å². The van der Waals surface area contributed by atoms with Gasteiger partial charge in [-0.3, -0.25) is 4.79 Å². The Balaban J connectivity index is 1.67. The number of anilines is 1. The van der Waals surface area contributed by atoms with Gasteiger partial charge in [-0.2, -0.15) is 0 Å². The van der Waals surface area contributed by atoms with Crippen molar-refractivity contribution in [1.29, 1.82) is 0 Å². The summed E-state index contributed by atoms with van der Waals surface area (Å²) in [6.45, 7) is 0. The molecule has 0 aliphatic heterocycles. The van der Waals surface area contributed by atoms with Gasteiger partial charge in [0.2, 0.25) is 5.91 Å². The molecule has 0 bridgehead atoms. The van der Waals surface area contributed by atoms with E-state index in [2.05, 4.69) is 10.3 Å². The number of aromatic nitrogens is 1. The summed E-state index contributed by atoms with van der Waals surface area (Å²) < 4.78 is 37.1. The number of hydrogen-bond donors (Lipinski definition) is 1. The maximum atomic E-state index is 13.6. The van der Waals surface area contributed by atoms with Crippen LogP contribution in [0.3, 0.4) is 0 Å². The Morgan fingerprint density at radius 3 is 2.71 bits per heavy atom. The van der Waals surface area contributed by atoms with Crippen LogP contribution >= 0.6 is 23.1 Å². The SMILES string of the molecule is COc1ccc(OC)c(-c2csc(NC(=O)CSc3ccc(F)cc3F)n2)c1. The number of thiazole rings is 1. The molecule has 0 aliphatic carbocycles. The summed E-state index contributed by atoms with van der Waals surface area (Å²) in [4.78, 5) is 16.7. The molecule has 28 heavy (non-hydrogen) atoms. The second-order valence-electron chi connectivity index (χ2n) is 5.52. The number of benzene rings is 2. The first-order valence-corrected chi connectivity index (χ1v) is 9.92. The zero-order chi connectivity index (χ0) is 20.1. The lowest BCUT2D eigenvalue weighted by atomic mass is 10.1. The van der Waals surface area contributed by atoms with Crippen LogP contribution in [0.2, 0.25) is 0 Å². The minimum Gasteiger partial charge on any atom is -0.497 e. The molecule has 5 nitrogen and oxygen atoms in total. The van der Waals surface area contributed by atoms with Crippen molar-refractivity contribution in [2.24, 2.45) is 0 Å². The van der Waals surface area contributed by atoms with Crippen LogP contribution in [-0.4, -0.2) is 30.9 Å². The van der Waals surface area contributed by atoms with Crippen molar-refractivity contribution < 1.29 is 23.0 Å². The first-order valence-electron chi connectivity index (χ1n) is 8.05. The van der Waals surface area contributed by atoms with E-state index in [-0.39, 0.29) is 16.6 Å². The molecule has 0 aliphatic rings. The van der Waals surface area contributed by atoms with Crippen molar-refractivity contribution in [3.8, 4) is 22.8 Å². The Bertz CT molecular complexity index is 995. The second kappa shape index (κ2) is 9.03. The molecule has 3 aromatic rings. The van der Waals surface area contributed by atoms with Gasteiger partial charge in [0.05, 0.1) is 25.7 Å². The minimum atomic E-state index is -0.695. The molecule has 0 spiro atoms. The molecular formula is C19H16F2N2O3S2. The highest BCUT2D eigenvalue weighted by molar-refractivity contribution is 8.00. The zero-order valence-corrected chi connectivity index (χ0v) is 16.6. The predicted molar refractivity (Wildman–Crippen MR) is 106 cm³/mol. The Morgan fingerprint density at radius 2 is 2.00 bits per heavy atom. The highest BCUT2D eigenvalue weighted by Gasteiger charge is 2.14. The lowest BCUT2D eigenvalue weighted by molar-refractivity contribution is -0.113. The molecule has 1 amide bonds. The van der Waals surface area contributed by atoms with Gasteiger partial charge in [-0.25, -0.2) is 13.8 Å². The van der Waals surface area contributed by atoms with E-state index in [4.69, 9.17) is 9.47 Å². The summed E-state index contributed by atoms with van der Waals surface area (Å²) in [7, 11) is 3.13. The third-order valence-corrected chi connectivity index (χ3v) is 5.49. The van der Waals surface area contributed by atoms with E-state index in [1.54, 1.807) is 37.8 Å². The number of amides is 1. The maximum Gasteiger partial charge on any atom is 0.236 e. The number of methoxy groups -OCH3 is 2. The average Bonchev–Trinajstić information content (AvgIpc) is 3.15. The topological polar surface area (TPSA) is 60.5 Å². The van der Waals surface area contributed by atoms with Crippen LogP contribution in [0.1, 0.15) is 0 Å². The van der Waals surface area contributed by atoms with Crippen molar-refractivity contribution in [3.05, 3.63) is 53.4 Å². The van der Waals surface area contributed by atoms with E-state index in [0.29, 0.717) is 22.3 Å². The summed E-state index contributed by atoms with van der Waals surface area (Å²) in [6, 6.07) is 8.60. The highest BCUT2D eigenvalue weighted by Crippen LogP contribution is 2.35. The van der Waals surface area contributed by atoms with Gasteiger partial charge in [0, 0.05) is 21.9 Å². The number of carbonyl (C=O) groups excluding carboxylic acids is 1. The second-order valence-corrected chi connectivity index (χ2v) is 7.39. The number of thioether (sulfide) groups is 1. The van der Waals surface area contributed by atoms with E-state index in [1.807, 2.05) is 0 Å². The Labute approximate surface area is 168 Å². The molecule has 0 radical (unpaired) electrons. The fourth-order valence-electron chi connectivity index (χ4n) is 2.36. The molecule has 0 fully saturated rings. The smallest absolute Gasteiger partial charge is 0.236 e. The number of nitrogens with zero attached hydrogens (tertiary/aromatic N) is 1. The highest BCUT2D eigenvalue weighted by atomic mass is 32.2. The van der Waals surface area contributed by atoms with Crippen LogP contribution in [0, 0.1) is 11.6 Å². The zero-order valence-electron chi connectivity index (χ0n) is 15.0. The number of hydrogen-bond acceptors (Lipinski definition) is 6. The fraction of sp³-hybridized carbons (Fsp3) is 0.158. The first-order chi connectivity index (χ1) is 13.5. The quantitative estimate of drug-likeness (QED) is 0.553. The van der Waals surface area contributed by atoms with Gasteiger partial charge in [0.25, 0.3) is 0 Å². The average molecular weight is 422 g/mol. The summed E-state index contributed by atoms with van der Waals surface area (Å²) >= 11 is 2.24. The van der Waals surface area contributed by atoms with Crippen molar-refractivity contribution in [3.63, 3.8) is 0 Å². The Morgan fingerprint density at radius 1 is 1.18 bits per heavy atom. The van der Waals surface area contributed by atoms with E-state index >= 15 is 0 Å². The predicted octanol–water partition coefficient (Wildman–Crippen LogP) is 4.84. The largest absolute Gasteiger partial charge is 0.497 e. The third-order valence-electron chi connectivity index (χ3n) is 3.69. The monoisotopic (exact) mass is 422 g/mol. The number of halogens is 2. The van der Waals surface area contributed by atoms with Gasteiger partial charge in [-0.15, -0.1) is 23.1 Å². The van der Waals surface area contributed by atoms with Crippen molar-refractivity contribution in [2.75, 3.05) is 25.3 Å². The lowest BCUT2D eigenvalue weighted by Gasteiger charge is -2.08. The number of nitrogens with one attached hydrogen (secondary N) is 1. The van der Waals surface area contributed by atoms with Crippen molar-refractivity contribution in [2.45, 2.75) is 4.90 Å². The maximum absolute atomic E-state index is 13.6. The lowest BCUT2D eigenvalue weighted by Crippen LogP contribution is -2.13. The van der Waals surface area contributed by atoms with E-state index in [9.17, 15) is 13.6 Å². The summed E-state index contributed by atoms with van der Waals surface area (Å²) in [5.41, 5.74) is 1.37. The van der Waals surface area contributed by atoms with Gasteiger partial charge in [-0.05, 0) is 30.3 Å². The number of carbonyl (C=O) groups is 1. The Hall–Kier alpha value is -2.65. The molecule has 1 aromatic heterocycles. The first kappa shape index (κ1) is 20.1. The van der Waals surface area contributed by atoms with Crippen LogP contribution < -0.4 is 14.8 Å². The molecule has 0 saturated carbocycles. The van der Waals surface area contributed by atoms with Gasteiger partial charge in [-0.1, -0.05) is 0 Å².